The molecule has 12 rings (SSSR count). The summed E-state index contributed by atoms with van der Waals surface area (Å²) in [6.07, 6.45) is -0.334. The Hall–Kier alpha value is -7.50. The molecular formula is C52H33N3O2. The quantitative estimate of drug-likeness (QED) is 0.192. The van der Waals surface area contributed by atoms with Gasteiger partial charge in [0.25, 0.3) is 0 Å². The van der Waals surface area contributed by atoms with Crippen LogP contribution in [-0.2, 0) is 0 Å². The lowest BCUT2D eigenvalue weighted by atomic mass is 9.87. The number of para-hydroxylation sites is 2. The van der Waals surface area contributed by atoms with E-state index in [0.717, 1.165) is 83.1 Å². The molecular weight excluding hydrogens is 699 g/mol. The van der Waals surface area contributed by atoms with Gasteiger partial charge in [0, 0.05) is 44.2 Å². The van der Waals surface area contributed by atoms with Gasteiger partial charge in [0.1, 0.15) is 34.3 Å². The number of amidine groups is 2. The minimum absolute atomic E-state index is 0.0560. The Morgan fingerprint density at radius 3 is 1.98 bits per heavy atom. The SMILES string of the molecule is c1ccc(C2=NC(c3ccccc3)NC(c3cc(-c4ccccc4)cc4oc5c(C6c7ccccc7-c7cc8c(cc76)oc6ccccc68)cccc5c34)=N2)cc1. The Morgan fingerprint density at radius 1 is 0.439 bits per heavy atom. The van der Waals surface area contributed by atoms with E-state index in [0.29, 0.717) is 5.84 Å². The lowest BCUT2D eigenvalue weighted by Gasteiger charge is -2.24. The van der Waals surface area contributed by atoms with Crippen LogP contribution in [0.2, 0.25) is 0 Å². The highest BCUT2D eigenvalue weighted by atomic mass is 16.3. The summed E-state index contributed by atoms with van der Waals surface area (Å²) < 4.78 is 13.6. The van der Waals surface area contributed by atoms with Crippen LogP contribution < -0.4 is 5.32 Å². The first-order valence-corrected chi connectivity index (χ1v) is 19.4. The third-order valence-corrected chi connectivity index (χ3v) is 11.6. The van der Waals surface area contributed by atoms with Gasteiger partial charge in [-0.2, -0.15) is 0 Å². The molecule has 0 saturated heterocycles. The Bertz CT molecular complexity index is 3270. The number of benzene rings is 8. The first-order valence-electron chi connectivity index (χ1n) is 19.4. The maximum absolute atomic E-state index is 7.14. The maximum Gasteiger partial charge on any atom is 0.159 e. The Labute approximate surface area is 328 Å². The highest BCUT2D eigenvalue weighted by Crippen LogP contribution is 2.52. The summed E-state index contributed by atoms with van der Waals surface area (Å²) >= 11 is 0. The summed E-state index contributed by atoms with van der Waals surface area (Å²) in [6.45, 7) is 0. The summed E-state index contributed by atoms with van der Waals surface area (Å²) in [5.74, 6) is 1.37. The second-order valence-electron chi connectivity index (χ2n) is 14.9. The number of fused-ring (bicyclic) bond motifs is 9. The minimum Gasteiger partial charge on any atom is -0.456 e. The van der Waals surface area contributed by atoms with Crippen LogP contribution in [0.1, 0.15) is 45.5 Å². The number of furan rings is 2. The van der Waals surface area contributed by atoms with E-state index in [2.05, 4.69) is 145 Å². The topological polar surface area (TPSA) is 63.0 Å². The second kappa shape index (κ2) is 12.5. The number of rotatable bonds is 5. The van der Waals surface area contributed by atoms with Crippen LogP contribution in [0.3, 0.4) is 0 Å². The fourth-order valence-corrected chi connectivity index (χ4v) is 9.03. The van der Waals surface area contributed by atoms with E-state index in [1.165, 1.54) is 22.3 Å². The van der Waals surface area contributed by atoms with Gasteiger partial charge in [0.15, 0.2) is 5.84 Å². The van der Waals surface area contributed by atoms with Crippen molar-refractivity contribution in [1.29, 1.82) is 0 Å². The third kappa shape index (κ3) is 5.02. The number of aliphatic imine (C=N–C) groups is 2. The summed E-state index contributed by atoms with van der Waals surface area (Å²) in [5.41, 5.74) is 14.7. The van der Waals surface area contributed by atoms with E-state index in [1.807, 2.05) is 42.5 Å². The van der Waals surface area contributed by atoms with E-state index in [-0.39, 0.29) is 12.1 Å². The lowest BCUT2D eigenvalue weighted by molar-refractivity contribution is 0.660. The highest BCUT2D eigenvalue weighted by Gasteiger charge is 2.34. The largest absolute Gasteiger partial charge is 0.456 e. The average Bonchev–Trinajstić information content (AvgIpc) is 3.95. The van der Waals surface area contributed by atoms with Crippen LogP contribution in [0.5, 0.6) is 0 Å². The van der Waals surface area contributed by atoms with Crippen LogP contribution in [0.4, 0.5) is 0 Å². The molecule has 5 heteroatoms. The number of hydrogen-bond acceptors (Lipinski definition) is 5. The summed E-state index contributed by atoms with van der Waals surface area (Å²) in [5, 5.41) is 8.06. The summed E-state index contributed by atoms with van der Waals surface area (Å²) in [7, 11) is 0. The van der Waals surface area contributed by atoms with Crippen LogP contribution in [-0.4, -0.2) is 11.7 Å². The standard InChI is InChI=1S/C52H33N3O2/c1-4-15-31(16-5-1)34-27-43(52-54-50(32-17-6-2-7-18-32)53-51(55-52)33-19-8-3-9-20-33)48-39-25-14-24-38(49(39)57-46(48)28-34)47-37-23-11-10-21-35(37)40-29-41-36-22-12-13-26-44(36)56-45(41)30-42(40)47/h1-30,47,50H,(H,53,54,55). The predicted octanol–water partition coefficient (Wildman–Crippen LogP) is 12.8. The summed E-state index contributed by atoms with van der Waals surface area (Å²) in [4.78, 5) is 10.4. The van der Waals surface area contributed by atoms with Crippen molar-refractivity contribution in [1.82, 2.24) is 5.32 Å². The van der Waals surface area contributed by atoms with E-state index in [1.54, 1.807) is 0 Å². The minimum atomic E-state index is -0.334. The van der Waals surface area contributed by atoms with Gasteiger partial charge in [0.05, 0.1) is 0 Å². The molecule has 0 radical (unpaired) electrons. The fourth-order valence-electron chi connectivity index (χ4n) is 9.03. The van der Waals surface area contributed by atoms with Gasteiger partial charge < -0.3 is 14.2 Å². The van der Waals surface area contributed by atoms with E-state index < -0.39 is 0 Å². The summed E-state index contributed by atoms with van der Waals surface area (Å²) in [6, 6.07) is 63.7. The average molecular weight is 732 g/mol. The first kappa shape index (κ1) is 31.8. The van der Waals surface area contributed by atoms with Gasteiger partial charge >= 0.3 is 0 Å². The molecule has 2 aromatic heterocycles. The molecule has 57 heavy (non-hydrogen) atoms. The molecule has 2 aliphatic rings. The van der Waals surface area contributed by atoms with Crippen molar-refractivity contribution >= 4 is 55.5 Å². The molecule has 2 atom stereocenters. The fraction of sp³-hybridized carbons (Fsp3) is 0.0385. The molecule has 3 heterocycles. The first-order chi connectivity index (χ1) is 28.2. The number of hydrogen-bond donors (Lipinski definition) is 1. The molecule has 2 unspecified atom stereocenters. The highest BCUT2D eigenvalue weighted by molar-refractivity contribution is 6.23. The Kier molecular flexibility index (Phi) is 6.99. The van der Waals surface area contributed by atoms with Crippen molar-refractivity contribution < 1.29 is 8.83 Å². The van der Waals surface area contributed by atoms with Crippen LogP contribution in [0.25, 0.3) is 66.1 Å². The van der Waals surface area contributed by atoms with E-state index in [9.17, 15) is 0 Å². The predicted molar refractivity (Wildman–Crippen MR) is 231 cm³/mol. The van der Waals surface area contributed by atoms with Crippen LogP contribution in [0, 0.1) is 0 Å². The van der Waals surface area contributed by atoms with Crippen LogP contribution >= 0.6 is 0 Å². The molecule has 1 N–H and O–H groups in total. The monoisotopic (exact) mass is 731 g/mol. The number of nitrogens with zero attached hydrogens (tertiary/aromatic N) is 2. The van der Waals surface area contributed by atoms with E-state index >= 15 is 0 Å². The maximum atomic E-state index is 7.14. The zero-order valence-corrected chi connectivity index (χ0v) is 30.7. The molecule has 0 spiro atoms. The molecule has 5 nitrogen and oxygen atoms in total. The zero-order valence-electron chi connectivity index (χ0n) is 30.7. The molecule has 268 valence electrons. The molecule has 0 fully saturated rings. The van der Waals surface area contributed by atoms with Gasteiger partial charge in [-0.15, -0.1) is 0 Å². The smallest absolute Gasteiger partial charge is 0.159 e. The van der Waals surface area contributed by atoms with Gasteiger partial charge in [-0.1, -0.05) is 152 Å². The van der Waals surface area contributed by atoms with Crippen molar-refractivity contribution in [2.24, 2.45) is 9.98 Å². The molecule has 10 aromatic rings. The Morgan fingerprint density at radius 2 is 1.14 bits per heavy atom. The molecule has 8 aromatic carbocycles. The van der Waals surface area contributed by atoms with Crippen molar-refractivity contribution in [3.05, 3.63) is 215 Å². The molecule has 1 aliphatic heterocycles. The zero-order chi connectivity index (χ0) is 37.5. The van der Waals surface area contributed by atoms with Crippen molar-refractivity contribution in [2.75, 3.05) is 0 Å². The van der Waals surface area contributed by atoms with Crippen molar-refractivity contribution in [2.45, 2.75) is 12.1 Å². The number of nitrogens with one attached hydrogen (secondary N) is 1. The van der Waals surface area contributed by atoms with Crippen molar-refractivity contribution in [3.8, 4) is 22.3 Å². The van der Waals surface area contributed by atoms with E-state index in [4.69, 9.17) is 18.8 Å². The normalized spacial score (nSPS) is 16.1. The molecule has 0 amide bonds. The lowest BCUT2D eigenvalue weighted by Crippen LogP contribution is -2.33. The Balaban J connectivity index is 1.10. The van der Waals surface area contributed by atoms with Crippen molar-refractivity contribution in [3.63, 3.8) is 0 Å². The van der Waals surface area contributed by atoms with Gasteiger partial charge in [-0.05, 0) is 69.3 Å². The van der Waals surface area contributed by atoms with Gasteiger partial charge in [-0.25, -0.2) is 9.98 Å². The molecule has 0 saturated carbocycles. The van der Waals surface area contributed by atoms with Gasteiger partial charge in [0.2, 0.25) is 0 Å². The molecule has 1 aliphatic carbocycles. The van der Waals surface area contributed by atoms with Crippen LogP contribution in [0.15, 0.2) is 201 Å². The third-order valence-electron chi connectivity index (χ3n) is 11.6. The second-order valence-corrected chi connectivity index (χ2v) is 14.9. The van der Waals surface area contributed by atoms with Gasteiger partial charge in [-0.3, -0.25) is 0 Å². The molecule has 0 bridgehead atoms.